The van der Waals surface area contributed by atoms with Gasteiger partial charge in [-0.1, -0.05) is 6.07 Å². The van der Waals surface area contributed by atoms with E-state index in [1.165, 1.54) is 11.0 Å². The zero-order chi connectivity index (χ0) is 17.7. The van der Waals surface area contributed by atoms with Gasteiger partial charge in [-0.25, -0.2) is 13.6 Å². The van der Waals surface area contributed by atoms with Gasteiger partial charge in [0.1, 0.15) is 12.4 Å². The number of alkyl halides is 2. The van der Waals surface area contributed by atoms with E-state index in [2.05, 4.69) is 5.32 Å². The van der Waals surface area contributed by atoms with Crippen LogP contribution < -0.4 is 15.8 Å². The molecular formula is C16H21F2N3O3. The summed E-state index contributed by atoms with van der Waals surface area (Å²) >= 11 is 0. The molecule has 8 heteroatoms. The van der Waals surface area contributed by atoms with Crippen LogP contribution in [0.15, 0.2) is 18.2 Å². The summed E-state index contributed by atoms with van der Waals surface area (Å²) in [5.74, 6) is -0.280. The lowest BCUT2D eigenvalue weighted by atomic mass is 9.97. The van der Waals surface area contributed by atoms with Gasteiger partial charge in [-0.3, -0.25) is 4.79 Å². The van der Waals surface area contributed by atoms with E-state index in [0.29, 0.717) is 36.4 Å². The van der Waals surface area contributed by atoms with Crippen molar-refractivity contribution in [3.05, 3.63) is 23.8 Å². The Labute approximate surface area is 138 Å². The Morgan fingerprint density at radius 1 is 1.46 bits per heavy atom. The molecule has 0 bridgehead atoms. The van der Waals surface area contributed by atoms with Gasteiger partial charge in [0.2, 0.25) is 5.91 Å². The van der Waals surface area contributed by atoms with Crippen LogP contribution >= 0.6 is 0 Å². The summed E-state index contributed by atoms with van der Waals surface area (Å²) in [6, 6.07) is 4.35. The maximum atomic E-state index is 12.3. The maximum absolute atomic E-state index is 12.3. The molecule has 1 atom stereocenters. The number of nitrogens with two attached hydrogens (primary N) is 1. The highest BCUT2D eigenvalue weighted by molar-refractivity contribution is 5.93. The van der Waals surface area contributed by atoms with Crippen LogP contribution in [0, 0.1) is 12.8 Å². The second-order valence-electron chi connectivity index (χ2n) is 5.80. The normalized spacial score (nSPS) is 17.7. The second-order valence-corrected chi connectivity index (χ2v) is 5.80. The summed E-state index contributed by atoms with van der Waals surface area (Å²) in [6.07, 6.45) is -1.20. The van der Waals surface area contributed by atoms with Gasteiger partial charge in [-0.15, -0.1) is 0 Å². The number of benzene rings is 1. The molecule has 1 fully saturated rings. The number of anilines is 1. The molecule has 24 heavy (non-hydrogen) atoms. The van der Waals surface area contributed by atoms with Gasteiger partial charge in [0.25, 0.3) is 6.43 Å². The molecule has 132 valence electrons. The number of carbonyl (C=O) groups is 2. The van der Waals surface area contributed by atoms with Crippen molar-refractivity contribution in [1.29, 1.82) is 0 Å². The molecule has 3 N–H and O–H groups in total. The first kappa shape index (κ1) is 18.0. The predicted octanol–water partition coefficient (Wildman–Crippen LogP) is 2.37. The number of nitrogens with one attached hydrogen (secondary N) is 1. The molecule has 0 spiro atoms. The van der Waals surface area contributed by atoms with E-state index in [1.807, 2.05) is 0 Å². The number of primary amides is 1. The number of likely N-dealkylation sites (tertiary alicyclic amines) is 1. The van der Waals surface area contributed by atoms with E-state index in [9.17, 15) is 18.4 Å². The number of urea groups is 1. The van der Waals surface area contributed by atoms with E-state index in [1.54, 1.807) is 19.1 Å². The number of nitrogens with zero attached hydrogens (tertiary/aromatic N) is 1. The van der Waals surface area contributed by atoms with Crippen molar-refractivity contribution in [1.82, 2.24) is 4.90 Å². The Morgan fingerprint density at radius 3 is 2.88 bits per heavy atom. The fraction of sp³-hybridized carbons (Fsp3) is 0.500. The summed E-state index contributed by atoms with van der Waals surface area (Å²) < 4.78 is 29.6. The number of aryl methyl sites for hydroxylation is 1. The van der Waals surface area contributed by atoms with Crippen molar-refractivity contribution < 1.29 is 23.1 Å². The van der Waals surface area contributed by atoms with Crippen LogP contribution in [0.2, 0.25) is 0 Å². The molecule has 1 aromatic rings. The standard InChI is InChI=1S/C16H21F2N3O3/c1-10-4-5-12(7-13(10)24-9-14(17)18)20-15(22)11-3-2-6-21(8-11)16(19)23/h4-5,7,11,14H,2-3,6,8-9H2,1H3,(H2,19,23)(H,20,22)/t11-/m0/s1. The van der Waals surface area contributed by atoms with Gasteiger partial charge in [0, 0.05) is 24.8 Å². The highest BCUT2D eigenvalue weighted by Crippen LogP contribution is 2.25. The van der Waals surface area contributed by atoms with Gasteiger partial charge < -0.3 is 20.7 Å². The Morgan fingerprint density at radius 2 is 2.21 bits per heavy atom. The number of carbonyl (C=O) groups excluding carboxylic acids is 2. The minimum absolute atomic E-state index is 0.232. The molecule has 0 unspecified atom stereocenters. The maximum Gasteiger partial charge on any atom is 0.314 e. The minimum Gasteiger partial charge on any atom is -0.487 e. The highest BCUT2D eigenvalue weighted by atomic mass is 19.3. The molecular weight excluding hydrogens is 320 g/mol. The van der Waals surface area contributed by atoms with Gasteiger partial charge in [-0.2, -0.15) is 0 Å². The third-order valence-corrected chi connectivity index (χ3v) is 3.92. The monoisotopic (exact) mass is 341 g/mol. The Balaban J connectivity index is 2.00. The van der Waals surface area contributed by atoms with E-state index >= 15 is 0 Å². The fourth-order valence-corrected chi connectivity index (χ4v) is 2.62. The van der Waals surface area contributed by atoms with Crippen molar-refractivity contribution >= 4 is 17.6 Å². The number of hydrogen-bond acceptors (Lipinski definition) is 3. The number of halogens is 2. The lowest BCUT2D eigenvalue weighted by Gasteiger charge is -2.30. The van der Waals surface area contributed by atoms with E-state index in [4.69, 9.17) is 10.5 Å². The Bertz CT molecular complexity index is 610. The fourth-order valence-electron chi connectivity index (χ4n) is 2.62. The van der Waals surface area contributed by atoms with Crippen LogP contribution in [0.1, 0.15) is 18.4 Å². The molecule has 0 aliphatic carbocycles. The van der Waals surface area contributed by atoms with Crippen LogP contribution in [-0.2, 0) is 4.79 Å². The summed E-state index contributed by atoms with van der Waals surface area (Å²) in [5.41, 5.74) is 6.42. The zero-order valence-electron chi connectivity index (χ0n) is 13.4. The van der Waals surface area contributed by atoms with Crippen LogP contribution in [0.5, 0.6) is 5.75 Å². The predicted molar refractivity (Wildman–Crippen MR) is 85.2 cm³/mol. The molecule has 3 amide bonds. The topological polar surface area (TPSA) is 84.7 Å². The Hall–Kier alpha value is -2.38. The van der Waals surface area contributed by atoms with Crippen LogP contribution in [0.25, 0.3) is 0 Å². The molecule has 1 heterocycles. The lowest BCUT2D eigenvalue weighted by molar-refractivity contribution is -0.121. The van der Waals surface area contributed by atoms with Crippen LogP contribution in [0.4, 0.5) is 19.3 Å². The molecule has 6 nitrogen and oxygen atoms in total. The summed E-state index contributed by atoms with van der Waals surface area (Å²) in [4.78, 5) is 25.0. The molecule has 1 saturated heterocycles. The summed E-state index contributed by atoms with van der Waals surface area (Å²) in [5, 5.41) is 2.74. The van der Waals surface area contributed by atoms with E-state index in [0.717, 1.165) is 0 Å². The first-order chi connectivity index (χ1) is 11.4. The van der Waals surface area contributed by atoms with Crippen LogP contribution in [0.3, 0.4) is 0 Å². The quantitative estimate of drug-likeness (QED) is 0.862. The van der Waals surface area contributed by atoms with Crippen molar-refractivity contribution in [3.8, 4) is 5.75 Å². The molecule has 0 aromatic heterocycles. The van der Waals surface area contributed by atoms with Crippen molar-refractivity contribution in [2.24, 2.45) is 11.7 Å². The number of hydrogen-bond donors (Lipinski definition) is 2. The Kier molecular flexibility index (Phi) is 5.94. The van der Waals surface area contributed by atoms with Gasteiger partial charge in [0.05, 0.1) is 5.92 Å². The molecule has 2 rings (SSSR count). The summed E-state index contributed by atoms with van der Waals surface area (Å²) in [7, 11) is 0. The van der Waals surface area contributed by atoms with Crippen LogP contribution in [-0.4, -0.2) is 43.0 Å². The minimum atomic E-state index is -2.57. The number of amides is 3. The van der Waals surface area contributed by atoms with Gasteiger partial charge >= 0.3 is 6.03 Å². The zero-order valence-corrected chi connectivity index (χ0v) is 13.4. The van der Waals surface area contributed by atoms with Crippen molar-refractivity contribution in [3.63, 3.8) is 0 Å². The SMILES string of the molecule is Cc1ccc(NC(=O)[C@H]2CCCN(C(N)=O)C2)cc1OCC(F)F. The first-order valence-electron chi connectivity index (χ1n) is 7.73. The van der Waals surface area contributed by atoms with Crippen molar-refractivity contribution in [2.45, 2.75) is 26.2 Å². The van der Waals surface area contributed by atoms with Gasteiger partial charge in [-0.05, 0) is 31.4 Å². The van der Waals surface area contributed by atoms with Crippen molar-refractivity contribution in [2.75, 3.05) is 25.0 Å². The molecule has 1 aromatic carbocycles. The third kappa shape index (κ3) is 4.81. The molecule has 0 radical (unpaired) electrons. The molecule has 1 aliphatic rings. The first-order valence-corrected chi connectivity index (χ1v) is 7.73. The smallest absolute Gasteiger partial charge is 0.314 e. The number of ether oxygens (including phenoxy) is 1. The number of rotatable bonds is 5. The third-order valence-electron chi connectivity index (χ3n) is 3.92. The van der Waals surface area contributed by atoms with E-state index in [-0.39, 0.29) is 18.4 Å². The average Bonchev–Trinajstić information content (AvgIpc) is 2.55. The molecule has 1 aliphatic heterocycles. The van der Waals surface area contributed by atoms with Gasteiger partial charge in [0.15, 0.2) is 0 Å². The lowest BCUT2D eigenvalue weighted by Crippen LogP contribution is -2.46. The highest BCUT2D eigenvalue weighted by Gasteiger charge is 2.27. The molecule has 0 saturated carbocycles. The largest absolute Gasteiger partial charge is 0.487 e. The van der Waals surface area contributed by atoms with E-state index < -0.39 is 19.1 Å². The summed E-state index contributed by atoms with van der Waals surface area (Å²) in [6.45, 7) is 1.86. The average molecular weight is 341 g/mol. The second kappa shape index (κ2) is 7.94. The number of piperidine rings is 1.